The molecule has 5 heteroatoms. The number of carbonyl (C=O) groups excluding carboxylic acids is 1. The van der Waals surface area contributed by atoms with Gasteiger partial charge in [0, 0.05) is 12.7 Å². The fraction of sp³-hybridized carbons (Fsp3) is 0.333. The molecule has 2 heterocycles. The molecule has 0 saturated carbocycles. The minimum absolute atomic E-state index is 0.0545. The average molecular weight is 328 g/mol. The highest BCUT2D eigenvalue weighted by atomic mass is 32.1. The summed E-state index contributed by atoms with van der Waals surface area (Å²) in [7, 11) is 0. The summed E-state index contributed by atoms with van der Waals surface area (Å²) < 4.78 is 6.20. The van der Waals surface area contributed by atoms with Crippen LogP contribution in [0.4, 0.5) is 4.79 Å². The standard InChI is InChI=1S/C18H20N2O2S/c21-18(22-13-14-6-2-1-3-7-14)20-11-5-4-8-16(20)15-9-10-17(23)19-12-15/h1-3,6-7,9-10,12,16H,4-5,8,11,13H2,(H,19,23). The number of hydrogen-bond donors (Lipinski definition) is 1. The monoisotopic (exact) mass is 328 g/mol. The molecule has 1 N–H and O–H groups in total. The zero-order chi connectivity index (χ0) is 16.1. The molecule has 0 bridgehead atoms. The number of amides is 1. The number of carbonyl (C=O) groups is 1. The third-order valence-corrected chi connectivity index (χ3v) is 4.39. The Kier molecular flexibility index (Phi) is 5.08. The fourth-order valence-corrected chi connectivity index (χ4v) is 3.06. The maximum Gasteiger partial charge on any atom is 0.410 e. The summed E-state index contributed by atoms with van der Waals surface area (Å²) in [6.45, 7) is 1.04. The van der Waals surface area contributed by atoms with Crippen molar-refractivity contribution < 1.29 is 9.53 Å². The van der Waals surface area contributed by atoms with Gasteiger partial charge in [-0.15, -0.1) is 0 Å². The predicted molar refractivity (Wildman–Crippen MR) is 91.6 cm³/mol. The number of H-pyrrole nitrogens is 1. The molecule has 1 atom stereocenters. The number of likely N-dealkylation sites (tertiary alicyclic amines) is 1. The van der Waals surface area contributed by atoms with Crippen LogP contribution in [0.25, 0.3) is 0 Å². The van der Waals surface area contributed by atoms with E-state index in [-0.39, 0.29) is 12.1 Å². The molecule has 4 nitrogen and oxygen atoms in total. The Hall–Kier alpha value is -2.14. The van der Waals surface area contributed by atoms with Crippen molar-refractivity contribution >= 4 is 18.3 Å². The summed E-state index contributed by atoms with van der Waals surface area (Å²) in [5, 5.41) is 0. The molecule has 2 aromatic rings. The molecule has 23 heavy (non-hydrogen) atoms. The lowest BCUT2D eigenvalue weighted by Crippen LogP contribution is -2.38. The summed E-state index contributed by atoms with van der Waals surface area (Å²) >= 11 is 5.09. The van der Waals surface area contributed by atoms with Gasteiger partial charge in [-0.05, 0) is 36.5 Å². The average Bonchev–Trinajstić information content (AvgIpc) is 2.61. The highest BCUT2D eigenvalue weighted by molar-refractivity contribution is 7.71. The smallest absolute Gasteiger partial charge is 0.410 e. The summed E-state index contributed by atoms with van der Waals surface area (Å²) in [4.78, 5) is 17.4. The SMILES string of the molecule is O=C(OCc1ccccc1)N1CCCCC1c1ccc(=S)[nH]c1. The number of aromatic nitrogens is 1. The van der Waals surface area contributed by atoms with Gasteiger partial charge in [-0.1, -0.05) is 48.6 Å². The van der Waals surface area contributed by atoms with Gasteiger partial charge in [0.05, 0.1) is 6.04 Å². The van der Waals surface area contributed by atoms with Crippen molar-refractivity contribution in [1.82, 2.24) is 9.88 Å². The third-order valence-electron chi connectivity index (χ3n) is 4.14. The van der Waals surface area contributed by atoms with Crippen LogP contribution in [-0.2, 0) is 11.3 Å². The Labute approximate surface area is 141 Å². The molecule has 1 aliphatic heterocycles. The summed E-state index contributed by atoms with van der Waals surface area (Å²) in [5.41, 5.74) is 2.08. The highest BCUT2D eigenvalue weighted by Crippen LogP contribution is 2.31. The van der Waals surface area contributed by atoms with E-state index in [1.807, 2.05) is 53.6 Å². The predicted octanol–water partition coefficient (Wildman–Crippen LogP) is 4.61. The first kappa shape index (κ1) is 15.7. The minimum atomic E-state index is -0.249. The Bertz CT molecular complexity index is 694. The normalized spacial score (nSPS) is 17.7. The van der Waals surface area contributed by atoms with Crippen LogP contribution in [0.2, 0.25) is 0 Å². The van der Waals surface area contributed by atoms with Crippen LogP contribution in [0, 0.1) is 4.64 Å². The molecule has 0 spiro atoms. The second-order valence-electron chi connectivity index (χ2n) is 5.73. The van der Waals surface area contributed by atoms with E-state index in [1.54, 1.807) is 0 Å². The second-order valence-corrected chi connectivity index (χ2v) is 6.17. The topological polar surface area (TPSA) is 45.3 Å². The Morgan fingerprint density at radius 1 is 1.22 bits per heavy atom. The zero-order valence-corrected chi connectivity index (χ0v) is 13.7. The van der Waals surface area contributed by atoms with Crippen molar-refractivity contribution in [3.8, 4) is 0 Å². The van der Waals surface area contributed by atoms with Gasteiger partial charge in [0.25, 0.3) is 0 Å². The van der Waals surface area contributed by atoms with E-state index >= 15 is 0 Å². The lowest BCUT2D eigenvalue weighted by Gasteiger charge is -2.35. The third kappa shape index (κ3) is 3.99. The van der Waals surface area contributed by atoms with Gasteiger partial charge in [-0.2, -0.15) is 0 Å². The van der Waals surface area contributed by atoms with E-state index in [0.29, 0.717) is 11.2 Å². The van der Waals surface area contributed by atoms with Crippen molar-refractivity contribution in [2.75, 3.05) is 6.54 Å². The number of ether oxygens (including phenoxy) is 1. The van der Waals surface area contributed by atoms with E-state index < -0.39 is 0 Å². The molecule has 1 unspecified atom stereocenters. The molecule has 120 valence electrons. The zero-order valence-electron chi connectivity index (χ0n) is 12.9. The van der Waals surface area contributed by atoms with E-state index in [0.717, 1.165) is 36.9 Å². The number of nitrogens with zero attached hydrogens (tertiary/aromatic N) is 1. The number of pyridine rings is 1. The Balaban J connectivity index is 1.69. The van der Waals surface area contributed by atoms with Crippen LogP contribution in [0.1, 0.15) is 36.4 Å². The van der Waals surface area contributed by atoms with Crippen LogP contribution < -0.4 is 0 Å². The molecule has 1 amide bonds. The minimum Gasteiger partial charge on any atom is -0.445 e. The Morgan fingerprint density at radius 3 is 2.78 bits per heavy atom. The maximum absolute atomic E-state index is 12.5. The first-order chi connectivity index (χ1) is 11.2. The summed E-state index contributed by atoms with van der Waals surface area (Å²) in [5.74, 6) is 0. The number of piperidine rings is 1. The fourth-order valence-electron chi connectivity index (χ4n) is 2.93. The van der Waals surface area contributed by atoms with Crippen LogP contribution in [0.5, 0.6) is 0 Å². The van der Waals surface area contributed by atoms with Gasteiger partial charge in [-0.3, -0.25) is 0 Å². The van der Waals surface area contributed by atoms with Gasteiger partial charge < -0.3 is 14.6 Å². The molecule has 1 aromatic heterocycles. The second kappa shape index (κ2) is 7.42. The molecule has 1 aliphatic rings. The molecule has 0 aliphatic carbocycles. The molecule has 3 rings (SSSR count). The number of hydrogen-bond acceptors (Lipinski definition) is 3. The summed E-state index contributed by atoms with van der Waals surface area (Å²) in [6.07, 6.45) is 4.73. The van der Waals surface area contributed by atoms with Gasteiger partial charge >= 0.3 is 6.09 Å². The molecule has 1 fully saturated rings. The lowest BCUT2D eigenvalue weighted by atomic mass is 9.97. The van der Waals surface area contributed by atoms with Crippen molar-refractivity contribution in [1.29, 1.82) is 0 Å². The molecule has 1 saturated heterocycles. The highest BCUT2D eigenvalue weighted by Gasteiger charge is 2.29. The maximum atomic E-state index is 12.5. The van der Waals surface area contributed by atoms with Crippen LogP contribution in [0.15, 0.2) is 48.7 Å². The molecule has 0 radical (unpaired) electrons. The number of rotatable bonds is 3. The van der Waals surface area contributed by atoms with E-state index in [2.05, 4.69) is 4.98 Å². The first-order valence-electron chi connectivity index (χ1n) is 7.90. The van der Waals surface area contributed by atoms with E-state index in [4.69, 9.17) is 17.0 Å². The van der Waals surface area contributed by atoms with Gasteiger partial charge in [0.15, 0.2) is 0 Å². The molecular formula is C18H20N2O2S. The number of aromatic amines is 1. The lowest BCUT2D eigenvalue weighted by molar-refractivity contribution is 0.0678. The van der Waals surface area contributed by atoms with Gasteiger partial charge in [0.1, 0.15) is 11.2 Å². The quantitative estimate of drug-likeness (QED) is 0.837. The first-order valence-corrected chi connectivity index (χ1v) is 8.31. The van der Waals surface area contributed by atoms with Crippen molar-refractivity contribution in [3.63, 3.8) is 0 Å². The van der Waals surface area contributed by atoms with Crippen molar-refractivity contribution in [2.24, 2.45) is 0 Å². The largest absolute Gasteiger partial charge is 0.445 e. The van der Waals surface area contributed by atoms with E-state index in [1.165, 1.54) is 0 Å². The molecule has 1 aromatic carbocycles. The van der Waals surface area contributed by atoms with Gasteiger partial charge in [0.2, 0.25) is 0 Å². The Morgan fingerprint density at radius 2 is 2.04 bits per heavy atom. The number of benzene rings is 1. The molecular weight excluding hydrogens is 308 g/mol. The van der Waals surface area contributed by atoms with Crippen molar-refractivity contribution in [3.05, 3.63) is 64.4 Å². The van der Waals surface area contributed by atoms with Crippen LogP contribution in [-0.4, -0.2) is 22.5 Å². The summed E-state index contributed by atoms with van der Waals surface area (Å²) in [6, 6.07) is 13.7. The van der Waals surface area contributed by atoms with Crippen molar-refractivity contribution in [2.45, 2.75) is 31.9 Å². The van der Waals surface area contributed by atoms with E-state index in [9.17, 15) is 4.79 Å². The van der Waals surface area contributed by atoms with Gasteiger partial charge in [-0.25, -0.2) is 4.79 Å². The van der Waals surface area contributed by atoms with Crippen LogP contribution in [0.3, 0.4) is 0 Å². The van der Waals surface area contributed by atoms with Crippen LogP contribution >= 0.6 is 12.2 Å². The number of nitrogens with one attached hydrogen (secondary N) is 1.